The molecule has 8 nitrogen and oxygen atoms in total. The minimum absolute atomic E-state index is 0.116. The summed E-state index contributed by atoms with van der Waals surface area (Å²) in [7, 11) is 0. The van der Waals surface area contributed by atoms with Gasteiger partial charge in [-0.1, -0.05) is 13.8 Å². The van der Waals surface area contributed by atoms with Crippen LogP contribution < -0.4 is 5.32 Å². The number of amides is 4. The maximum absolute atomic E-state index is 13.2. The highest BCUT2D eigenvalue weighted by atomic mass is 16.2. The fourth-order valence-electron chi connectivity index (χ4n) is 5.13. The molecular weight excluding hydrogens is 348 g/mol. The van der Waals surface area contributed by atoms with Crippen LogP contribution in [0.5, 0.6) is 0 Å². The van der Waals surface area contributed by atoms with Gasteiger partial charge in [0.1, 0.15) is 23.7 Å². The van der Waals surface area contributed by atoms with Crippen molar-refractivity contribution in [3.05, 3.63) is 0 Å². The summed E-state index contributed by atoms with van der Waals surface area (Å²) in [6.07, 6.45) is 3.75. The summed E-state index contributed by atoms with van der Waals surface area (Å²) in [5.74, 6) is -0.658. The van der Waals surface area contributed by atoms with Crippen LogP contribution in [0.4, 0.5) is 0 Å². The van der Waals surface area contributed by atoms with Gasteiger partial charge in [-0.15, -0.1) is 0 Å². The van der Waals surface area contributed by atoms with Crippen molar-refractivity contribution >= 4 is 23.6 Å². The summed E-state index contributed by atoms with van der Waals surface area (Å²) in [4.78, 5) is 57.2. The summed E-state index contributed by atoms with van der Waals surface area (Å²) in [6, 6.07) is -1.61. The lowest BCUT2D eigenvalue weighted by Gasteiger charge is -2.52. The van der Waals surface area contributed by atoms with Crippen molar-refractivity contribution in [1.29, 1.82) is 0 Å². The van der Waals surface area contributed by atoms with Gasteiger partial charge in [0.25, 0.3) is 5.91 Å². The number of carbonyl (C=O) groups excluding carboxylic acids is 4. The van der Waals surface area contributed by atoms with E-state index in [1.807, 2.05) is 13.8 Å². The molecule has 0 aromatic rings. The van der Waals surface area contributed by atoms with E-state index in [0.717, 1.165) is 12.8 Å². The summed E-state index contributed by atoms with van der Waals surface area (Å²) >= 11 is 0. The highest BCUT2D eigenvalue weighted by Gasteiger charge is 2.57. The Morgan fingerprint density at radius 3 is 2.15 bits per heavy atom. The Morgan fingerprint density at radius 1 is 0.926 bits per heavy atom. The number of β-lactam (4-membered cyclic amide) rings is 1. The smallest absolute Gasteiger partial charge is 0.250 e. The van der Waals surface area contributed by atoms with Crippen LogP contribution in [0.2, 0.25) is 0 Å². The van der Waals surface area contributed by atoms with Crippen molar-refractivity contribution in [2.45, 2.75) is 76.0 Å². The van der Waals surface area contributed by atoms with E-state index in [1.165, 1.54) is 0 Å². The molecule has 1 N–H and O–H groups in total. The van der Waals surface area contributed by atoms with Crippen LogP contribution in [0.15, 0.2) is 0 Å². The SMILES string of the molecule is CCC1C(=O)N2CCCC2C(=O)N2CCCC2C(=O)NC2(CC)CN1C2=O. The second kappa shape index (κ2) is 6.49. The Kier molecular flexibility index (Phi) is 4.39. The number of hydrogen-bond donors (Lipinski definition) is 1. The van der Waals surface area contributed by atoms with Gasteiger partial charge in [0.2, 0.25) is 17.7 Å². The molecule has 5 fully saturated rings. The van der Waals surface area contributed by atoms with Crippen LogP contribution in [0.3, 0.4) is 0 Å². The van der Waals surface area contributed by atoms with Crippen LogP contribution in [0.25, 0.3) is 0 Å². The van der Waals surface area contributed by atoms with Gasteiger partial charge in [-0.3, -0.25) is 19.2 Å². The van der Waals surface area contributed by atoms with Crippen LogP contribution in [-0.2, 0) is 19.2 Å². The molecule has 5 saturated heterocycles. The Bertz CT molecular complexity index is 695. The molecule has 0 saturated carbocycles. The van der Waals surface area contributed by atoms with Gasteiger partial charge in [0.15, 0.2) is 0 Å². The van der Waals surface area contributed by atoms with E-state index in [0.29, 0.717) is 45.3 Å². The molecule has 5 aliphatic heterocycles. The maximum atomic E-state index is 13.2. The van der Waals surface area contributed by atoms with Crippen molar-refractivity contribution in [3.63, 3.8) is 0 Å². The molecule has 5 aliphatic rings. The second-order valence-electron chi connectivity index (χ2n) is 8.16. The van der Waals surface area contributed by atoms with Gasteiger partial charge in [0.05, 0.1) is 6.54 Å². The summed E-state index contributed by atoms with van der Waals surface area (Å²) < 4.78 is 0. The minimum atomic E-state index is -0.939. The standard InChI is InChI=1S/C19H28N4O4/c1-3-12-16(25)22-10-6-8-14(22)17(26)21-9-5-7-13(21)15(24)20-19(4-2)11-23(12)18(19)27/h12-14H,3-11H2,1-2H3,(H,20,24). The topological polar surface area (TPSA) is 90.0 Å². The highest BCUT2D eigenvalue weighted by Crippen LogP contribution is 2.34. The van der Waals surface area contributed by atoms with Crippen molar-refractivity contribution in [3.8, 4) is 0 Å². The van der Waals surface area contributed by atoms with E-state index in [-0.39, 0.29) is 23.6 Å². The molecule has 148 valence electrons. The number of rotatable bonds is 2. The lowest BCUT2D eigenvalue weighted by molar-refractivity contribution is -0.168. The molecule has 0 aromatic carbocycles. The molecule has 27 heavy (non-hydrogen) atoms. The molecule has 0 aromatic heterocycles. The molecular formula is C19H28N4O4. The van der Waals surface area contributed by atoms with E-state index in [9.17, 15) is 19.2 Å². The van der Waals surface area contributed by atoms with Gasteiger partial charge >= 0.3 is 0 Å². The van der Waals surface area contributed by atoms with Gasteiger partial charge in [0, 0.05) is 13.1 Å². The van der Waals surface area contributed by atoms with Gasteiger partial charge < -0.3 is 20.0 Å². The van der Waals surface area contributed by atoms with E-state index >= 15 is 0 Å². The number of fused-ring (bicyclic) bond motifs is 2. The Labute approximate surface area is 159 Å². The van der Waals surface area contributed by atoms with Gasteiger partial charge in [-0.05, 0) is 38.5 Å². The van der Waals surface area contributed by atoms with Crippen molar-refractivity contribution in [1.82, 2.24) is 20.0 Å². The van der Waals surface area contributed by atoms with Gasteiger partial charge in [-0.2, -0.15) is 0 Å². The largest absolute Gasteiger partial charge is 0.338 e. The first-order valence-electron chi connectivity index (χ1n) is 10.2. The number of carbonyl (C=O) groups is 4. The third kappa shape index (κ3) is 2.56. The van der Waals surface area contributed by atoms with E-state index in [1.54, 1.807) is 14.7 Å². The molecule has 4 amide bonds. The molecule has 0 spiro atoms. The zero-order chi connectivity index (χ0) is 19.3. The molecule has 8 heteroatoms. The van der Waals surface area contributed by atoms with Gasteiger partial charge in [-0.25, -0.2) is 0 Å². The van der Waals surface area contributed by atoms with Crippen LogP contribution in [-0.4, -0.2) is 81.6 Å². The average Bonchev–Trinajstić information content (AvgIpc) is 3.34. The van der Waals surface area contributed by atoms with Crippen LogP contribution in [0, 0.1) is 0 Å². The monoisotopic (exact) mass is 376 g/mol. The zero-order valence-electron chi connectivity index (χ0n) is 16.1. The summed E-state index contributed by atoms with van der Waals surface area (Å²) in [5, 5.41) is 2.94. The Hall–Kier alpha value is -2.12. The Morgan fingerprint density at radius 2 is 1.56 bits per heavy atom. The van der Waals surface area contributed by atoms with E-state index < -0.39 is 23.7 Å². The molecule has 5 heterocycles. The van der Waals surface area contributed by atoms with Crippen LogP contribution in [0.1, 0.15) is 52.4 Å². The molecule has 0 aliphatic carbocycles. The Balaban J connectivity index is 1.73. The molecule has 5 rings (SSSR count). The van der Waals surface area contributed by atoms with Crippen LogP contribution >= 0.6 is 0 Å². The fraction of sp³-hybridized carbons (Fsp3) is 0.789. The summed E-state index contributed by atoms with van der Waals surface area (Å²) in [6.45, 7) is 5.19. The highest BCUT2D eigenvalue weighted by molar-refractivity contribution is 6.02. The predicted octanol–water partition coefficient (Wildman–Crippen LogP) is -0.132. The third-order valence-corrected chi connectivity index (χ3v) is 6.78. The van der Waals surface area contributed by atoms with E-state index in [4.69, 9.17) is 0 Å². The van der Waals surface area contributed by atoms with Crippen molar-refractivity contribution in [2.24, 2.45) is 0 Å². The fourth-order valence-corrected chi connectivity index (χ4v) is 5.13. The molecule has 0 radical (unpaired) electrons. The predicted molar refractivity (Wildman–Crippen MR) is 96.4 cm³/mol. The second-order valence-corrected chi connectivity index (χ2v) is 8.16. The first-order valence-corrected chi connectivity index (χ1v) is 10.2. The normalized spacial score (nSPS) is 36.7. The first kappa shape index (κ1) is 18.3. The maximum Gasteiger partial charge on any atom is 0.250 e. The summed E-state index contributed by atoms with van der Waals surface area (Å²) in [5.41, 5.74) is -0.939. The minimum Gasteiger partial charge on any atom is -0.338 e. The number of nitrogens with one attached hydrogen (secondary N) is 1. The van der Waals surface area contributed by atoms with Crippen molar-refractivity contribution in [2.75, 3.05) is 19.6 Å². The molecule has 2 bridgehead atoms. The quantitative estimate of drug-likeness (QED) is 0.680. The third-order valence-electron chi connectivity index (χ3n) is 6.78. The number of hydrogen-bond acceptors (Lipinski definition) is 4. The van der Waals surface area contributed by atoms with E-state index in [2.05, 4.69) is 5.32 Å². The molecule has 4 unspecified atom stereocenters. The zero-order valence-corrected chi connectivity index (χ0v) is 16.1. The molecule has 4 atom stereocenters. The lowest BCUT2D eigenvalue weighted by Crippen LogP contribution is -2.78. The number of nitrogens with zero attached hydrogens (tertiary/aromatic N) is 3. The van der Waals surface area contributed by atoms with Crippen molar-refractivity contribution < 1.29 is 19.2 Å². The first-order chi connectivity index (χ1) is 12.9. The lowest BCUT2D eigenvalue weighted by atomic mass is 9.83. The average molecular weight is 376 g/mol.